The van der Waals surface area contributed by atoms with Gasteiger partial charge in [-0.2, -0.15) is 0 Å². The first-order chi connectivity index (χ1) is 10.2. The fraction of sp³-hybridized carbons (Fsp3) is 0.167. The number of fused-ring (bicyclic) bond motifs is 1. The quantitative estimate of drug-likeness (QED) is 0.719. The molecule has 1 aromatic heterocycles. The summed E-state index contributed by atoms with van der Waals surface area (Å²) in [6.07, 6.45) is 1.83. The van der Waals surface area contributed by atoms with E-state index in [1.54, 1.807) is 14.2 Å². The molecule has 0 unspecified atom stereocenters. The molecule has 0 saturated heterocycles. The van der Waals surface area contributed by atoms with E-state index >= 15 is 0 Å². The fourth-order valence-electron chi connectivity index (χ4n) is 2.55. The lowest BCUT2D eigenvalue weighted by Crippen LogP contribution is -1.93. The average molecular weight is 279 g/mol. The highest BCUT2D eigenvalue weighted by Crippen LogP contribution is 2.36. The molecule has 0 N–H and O–H groups in total. The molecule has 3 aromatic rings. The molecule has 0 bridgehead atoms. The maximum absolute atomic E-state index is 5.41. The Morgan fingerprint density at radius 3 is 2.33 bits per heavy atom. The van der Waals surface area contributed by atoms with Crippen LogP contribution in [0.1, 0.15) is 5.56 Å². The van der Waals surface area contributed by atoms with E-state index in [1.807, 2.05) is 36.5 Å². The van der Waals surface area contributed by atoms with Crippen LogP contribution in [-0.2, 0) is 0 Å². The highest BCUT2D eigenvalue weighted by molar-refractivity contribution is 5.97. The Labute approximate surface area is 124 Å². The van der Waals surface area contributed by atoms with E-state index in [2.05, 4.69) is 24.0 Å². The van der Waals surface area contributed by atoms with Crippen molar-refractivity contribution in [3.63, 3.8) is 0 Å². The highest BCUT2D eigenvalue weighted by atomic mass is 16.5. The molecule has 3 rings (SSSR count). The third-order valence-electron chi connectivity index (χ3n) is 3.67. The molecule has 106 valence electrons. The molecule has 0 atom stereocenters. The first-order valence-electron chi connectivity index (χ1n) is 6.81. The van der Waals surface area contributed by atoms with Crippen LogP contribution in [0, 0.1) is 6.92 Å². The van der Waals surface area contributed by atoms with E-state index in [0.29, 0.717) is 5.75 Å². The number of methoxy groups -OCH3 is 2. The predicted molar refractivity (Wildman–Crippen MR) is 85.0 cm³/mol. The van der Waals surface area contributed by atoms with Crippen LogP contribution in [0.2, 0.25) is 0 Å². The molecule has 0 spiro atoms. The number of hydrogen-bond donors (Lipinski definition) is 0. The second kappa shape index (κ2) is 5.44. The van der Waals surface area contributed by atoms with Gasteiger partial charge >= 0.3 is 0 Å². The number of hydrogen-bond acceptors (Lipinski definition) is 3. The Morgan fingerprint density at radius 1 is 0.905 bits per heavy atom. The molecule has 0 aliphatic rings. The summed E-state index contributed by atoms with van der Waals surface area (Å²) in [5.41, 5.74) is 3.30. The molecule has 0 fully saturated rings. The predicted octanol–water partition coefficient (Wildman–Crippen LogP) is 4.23. The summed E-state index contributed by atoms with van der Waals surface area (Å²) in [5.74, 6) is 1.44. The summed E-state index contributed by atoms with van der Waals surface area (Å²) in [5, 5.41) is 2.14. The summed E-state index contributed by atoms with van der Waals surface area (Å²) in [7, 11) is 3.29. The van der Waals surface area contributed by atoms with Gasteiger partial charge in [-0.05, 0) is 36.1 Å². The Balaban J connectivity index is 2.32. The lowest BCUT2D eigenvalue weighted by Gasteiger charge is -2.12. The van der Waals surface area contributed by atoms with Crippen molar-refractivity contribution in [1.82, 2.24) is 4.98 Å². The van der Waals surface area contributed by atoms with Crippen molar-refractivity contribution in [2.45, 2.75) is 6.92 Å². The van der Waals surface area contributed by atoms with Crippen LogP contribution in [0.4, 0.5) is 0 Å². The van der Waals surface area contributed by atoms with E-state index in [4.69, 9.17) is 9.47 Å². The topological polar surface area (TPSA) is 31.4 Å². The smallest absolute Gasteiger partial charge is 0.161 e. The van der Waals surface area contributed by atoms with Gasteiger partial charge in [-0.1, -0.05) is 24.3 Å². The van der Waals surface area contributed by atoms with E-state index < -0.39 is 0 Å². The molecule has 2 aromatic carbocycles. The van der Waals surface area contributed by atoms with Gasteiger partial charge in [0.25, 0.3) is 0 Å². The number of benzene rings is 2. The van der Waals surface area contributed by atoms with Gasteiger partial charge in [0.2, 0.25) is 0 Å². The number of ether oxygens (including phenoxy) is 2. The minimum atomic E-state index is 0.716. The first kappa shape index (κ1) is 13.4. The molecule has 0 aliphatic carbocycles. The Bertz CT molecular complexity index is 796. The summed E-state index contributed by atoms with van der Waals surface area (Å²) in [6, 6.07) is 14.2. The van der Waals surface area contributed by atoms with Gasteiger partial charge in [0.05, 0.1) is 19.9 Å². The lowest BCUT2D eigenvalue weighted by molar-refractivity contribution is 0.356. The van der Waals surface area contributed by atoms with E-state index in [-0.39, 0.29) is 0 Å². The Hall–Kier alpha value is -2.55. The van der Waals surface area contributed by atoms with E-state index in [9.17, 15) is 0 Å². The standard InChI is InChI=1S/C18H17NO2/c1-12-6-4-5-7-14(12)18-15-11-17(21-3)16(20-2)10-13(15)8-9-19-18/h4-11H,1-3H3. The summed E-state index contributed by atoms with van der Waals surface area (Å²) in [6.45, 7) is 2.09. The minimum Gasteiger partial charge on any atom is -0.493 e. The molecular weight excluding hydrogens is 262 g/mol. The van der Waals surface area contributed by atoms with Crippen molar-refractivity contribution >= 4 is 10.8 Å². The number of pyridine rings is 1. The molecule has 0 radical (unpaired) electrons. The van der Waals surface area contributed by atoms with Gasteiger partial charge in [0.1, 0.15) is 0 Å². The zero-order chi connectivity index (χ0) is 14.8. The van der Waals surface area contributed by atoms with Crippen LogP contribution >= 0.6 is 0 Å². The molecule has 0 amide bonds. The molecule has 21 heavy (non-hydrogen) atoms. The minimum absolute atomic E-state index is 0.716. The SMILES string of the molecule is COc1cc2ccnc(-c3ccccc3C)c2cc1OC. The normalized spacial score (nSPS) is 10.6. The second-order valence-corrected chi connectivity index (χ2v) is 4.90. The van der Waals surface area contributed by atoms with E-state index in [1.165, 1.54) is 5.56 Å². The van der Waals surface area contributed by atoms with Crippen molar-refractivity contribution < 1.29 is 9.47 Å². The second-order valence-electron chi connectivity index (χ2n) is 4.90. The third kappa shape index (κ3) is 2.31. The monoisotopic (exact) mass is 279 g/mol. The largest absolute Gasteiger partial charge is 0.493 e. The average Bonchev–Trinajstić information content (AvgIpc) is 2.53. The van der Waals surface area contributed by atoms with Gasteiger partial charge < -0.3 is 9.47 Å². The molecule has 0 saturated carbocycles. The molecule has 1 heterocycles. The van der Waals surface area contributed by atoms with Gasteiger partial charge in [-0.15, -0.1) is 0 Å². The van der Waals surface area contributed by atoms with Crippen molar-refractivity contribution in [3.8, 4) is 22.8 Å². The molecule has 3 heteroatoms. The summed E-state index contributed by atoms with van der Waals surface area (Å²) in [4.78, 5) is 4.57. The van der Waals surface area contributed by atoms with Crippen LogP contribution in [-0.4, -0.2) is 19.2 Å². The van der Waals surface area contributed by atoms with Crippen molar-refractivity contribution in [3.05, 3.63) is 54.2 Å². The van der Waals surface area contributed by atoms with Gasteiger partial charge in [0, 0.05) is 17.1 Å². The zero-order valence-electron chi connectivity index (χ0n) is 12.4. The third-order valence-corrected chi connectivity index (χ3v) is 3.67. The van der Waals surface area contributed by atoms with Crippen LogP contribution < -0.4 is 9.47 Å². The molecular formula is C18H17NO2. The lowest BCUT2D eigenvalue weighted by atomic mass is 10.00. The van der Waals surface area contributed by atoms with Crippen LogP contribution in [0.15, 0.2) is 48.7 Å². The number of nitrogens with zero attached hydrogens (tertiary/aromatic N) is 1. The summed E-state index contributed by atoms with van der Waals surface area (Å²) < 4.78 is 10.8. The Kier molecular flexibility index (Phi) is 3.48. The maximum Gasteiger partial charge on any atom is 0.161 e. The van der Waals surface area contributed by atoms with Crippen LogP contribution in [0.25, 0.3) is 22.0 Å². The summed E-state index contributed by atoms with van der Waals surface area (Å²) >= 11 is 0. The van der Waals surface area contributed by atoms with Gasteiger partial charge in [-0.25, -0.2) is 0 Å². The number of aryl methyl sites for hydroxylation is 1. The highest BCUT2D eigenvalue weighted by Gasteiger charge is 2.12. The van der Waals surface area contributed by atoms with Gasteiger partial charge in [-0.3, -0.25) is 4.98 Å². The van der Waals surface area contributed by atoms with Crippen molar-refractivity contribution in [2.24, 2.45) is 0 Å². The number of rotatable bonds is 3. The van der Waals surface area contributed by atoms with Crippen LogP contribution in [0.3, 0.4) is 0 Å². The zero-order valence-corrected chi connectivity index (χ0v) is 12.4. The molecule has 0 aliphatic heterocycles. The van der Waals surface area contributed by atoms with Crippen LogP contribution in [0.5, 0.6) is 11.5 Å². The van der Waals surface area contributed by atoms with Crippen molar-refractivity contribution in [2.75, 3.05) is 14.2 Å². The number of aromatic nitrogens is 1. The maximum atomic E-state index is 5.41. The van der Waals surface area contributed by atoms with E-state index in [0.717, 1.165) is 27.8 Å². The van der Waals surface area contributed by atoms with Gasteiger partial charge in [0.15, 0.2) is 11.5 Å². The van der Waals surface area contributed by atoms with Crippen molar-refractivity contribution in [1.29, 1.82) is 0 Å². The molecule has 3 nitrogen and oxygen atoms in total. The Morgan fingerprint density at radius 2 is 1.62 bits per heavy atom. The fourth-order valence-corrected chi connectivity index (χ4v) is 2.55. The first-order valence-corrected chi connectivity index (χ1v) is 6.81.